The molecule has 0 unspecified atom stereocenters. The number of rotatable bonds is 5. The molecule has 0 saturated heterocycles. The number of carboxylic acid groups (broad SMARTS) is 1. The molecule has 0 aliphatic carbocycles. The molecule has 2 rings (SSSR count). The average molecular weight is 390 g/mol. The number of hydrogen-bond donors (Lipinski definition) is 2. The monoisotopic (exact) mass is 389 g/mol. The number of anilines is 1. The van der Waals surface area contributed by atoms with Crippen molar-refractivity contribution in [1.29, 1.82) is 0 Å². The van der Waals surface area contributed by atoms with Crippen LogP contribution in [-0.4, -0.2) is 19.5 Å². The van der Waals surface area contributed by atoms with Gasteiger partial charge in [0.2, 0.25) is 0 Å². The lowest BCUT2D eigenvalue weighted by atomic mass is 10.1. The number of nitrogens with one attached hydrogen (secondary N) is 1. The topological polar surface area (TPSA) is 83.5 Å². The highest BCUT2D eigenvalue weighted by atomic mass is 79.9. The molecule has 112 valence electrons. The summed E-state index contributed by atoms with van der Waals surface area (Å²) in [5, 5.41) is 8.77. The van der Waals surface area contributed by atoms with Gasteiger partial charge in [-0.2, -0.15) is 0 Å². The Balaban J connectivity index is 2.28. The summed E-state index contributed by atoms with van der Waals surface area (Å²) in [6, 6.07) is 7.90. The van der Waals surface area contributed by atoms with E-state index in [-0.39, 0.29) is 11.3 Å². The fraction of sp³-hybridized carbons (Fsp3) is 0.154. The van der Waals surface area contributed by atoms with Crippen LogP contribution in [-0.2, 0) is 21.2 Å². The van der Waals surface area contributed by atoms with E-state index in [2.05, 4.69) is 20.7 Å². The number of carbonyl (C=O) groups is 1. The Kier molecular flexibility index (Phi) is 4.70. The second-order valence-corrected chi connectivity index (χ2v) is 8.63. The zero-order valence-electron chi connectivity index (χ0n) is 11.0. The molecule has 0 bridgehead atoms. The number of aryl methyl sites for hydroxylation is 1. The molecule has 1 heterocycles. The third-order valence-electron chi connectivity index (χ3n) is 2.67. The number of carboxylic acids is 1. The zero-order chi connectivity index (χ0) is 15.6. The summed E-state index contributed by atoms with van der Waals surface area (Å²) in [6.07, 6.45) is -0.154. The Bertz CT molecular complexity index is 783. The first kappa shape index (κ1) is 16.0. The molecule has 8 heteroatoms. The summed E-state index contributed by atoms with van der Waals surface area (Å²) in [5.74, 6) is -0.965. The van der Waals surface area contributed by atoms with Crippen molar-refractivity contribution in [2.45, 2.75) is 18.2 Å². The Morgan fingerprint density at radius 1 is 1.38 bits per heavy atom. The van der Waals surface area contributed by atoms with Crippen LogP contribution in [0.1, 0.15) is 10.4 Å². The first-order chi connectivity index (χ1) is 9.78. The van der Waals surface area contributed by atoms with Gasteiger partial charge in [0.15, 0.2) is 0 Å². The van der Waals surface area contributed by atoms with Gasteiger partial charge in [0.1, 0.15) is 4.90 Å². The molecule has 2 N–H and O–H groups in total. The van der Waals surface area contributed by atoms with Crippen molar-refractivity contribution in [3.63, 3.8) is 0 Å². The van der Waals surface area contributed by atoms with Gasteiger partial charge in [0.25, 0.3) is 10.0 Å². The summed E-state index contributed by atoms with van der Waals surface area (Å²) in [7, 11) is -3.69. The predicted octanol–water partition coefficient (Wildman–Crippen LogP) is 3.25. The van der Waals surface area contributed by atoms with E-state index in [0.717, 1.165) is 3.79 Å². The van der Waals surface area contributed by atoms with E-state index < -0.39 is 16.0 Å². The fourth-order valence-electron chi connectivity index (χ4n) is 1.83. The van der Waals surface area contributed by atoms with Crippen LogP contribution in [0.25, 0.3) is 0 Å². The summed E-state index contributed by atoms with van der Waals surface area (Å²) in [4.78, 5) is 11.6. The van der Waals surface area contributed by atoms with Gasteiger partial charge in [0, 0.05) is 10.6 Å². The third kappa shape index (κ3) is 4.05. The summed E-state index contributed by atoms with van der Waals surface area (Å²) in [5.41, 5.74) is 0.876. The summed E-state index contributed by atoms with van der Waals surface area (Å²) in [6.45, 7) is 1.73. The summed E-state index contributed by atoms with van der Waals surface area (Å²) < 4.78 is 27.9. The van der Waals surface area contributed by atoms with E-state index in [1.807, 2.05) is 0 Å². The van der Waals surface area contributed by atoms with Gasteiger partial charge in [-0.3, -0.25) is 9.52 Å². The molecule has 0 spiro atoms. The maximum atomic E-state index is 12.3. The molecule has 5 nitrogen and oxygen atoms in total. The molecule has 0 aliphatic rings. The van der Waals surface area contributed by atoms with Crippen LogP contribution in [0.4, 0.5) is 5.69 Å². The third-order valence-corrected chi connectivity index (χ3v) is 5.86. The van der Waals surface area contributed by atoms with Crippen LogP contribution in [0.2, 0.25) is 0 Å². The minimum atomic E-state index is -3.69. The van der Waals surface area contributed by atoms with Crippen LogP contribution in [0.3, 0.4) is 0 Å². The molecular formula is C13H12BrNO4S2. The number of halogens is 1. The second-order valence-electron chi connectivity index (χ2n) is 4.35. The molecule has 2 aromatic rings. The maximum Gasteiger partial charge on any atom is 0.307 e. The Labute approximate surface area is 134 Å². The van der Waals surface area contributed by atoms with E-state index in [0.29, 0.717) is 16.1 Å². The highest BCUT2D eigenvalue weighted by Crippen LogP contribution is 2.30. The van der Waals surface area contributed by atoms with E-state index in [1.54, 1.807) is 31.2 Å². The molecule has 21 heavy (non-hydrogen) atoms. The van der Waals surface area contributed by atoms with E-state index in [9.17, 15) is 13.2 Å². The smallest absolute Gasteiger partial charge is 0.307 e. The first-order valence-corrected chi connectivity index (χ1v) is 8.97. The van der Waals surface area contributed by atoms with Gasteiger partial charge < -0.3 is 5.11 Å². The fourth-order valence-corrected chi connectivity index (χ4v) is 5.29. The number of thiophene rings is 1. The quantitative estimate of drug-likeness (QED) is 0.821. The molecular weight excluding hydrogens is 378 g/mol. The zero-order valence-corrected chi connectivity index (χ0v) is 14.2. The van der Waals surface area contributed by atoms with Gasteiger partial charge in [-0.05, 0) is 46.6 Å². The van der Waals surface area contributed by atoms with Crippen LogP contribution in [0.15, 0.2) is 39.0 Å². The molecule has 0 atom stereocenters. The van der Waals surface area contributed by atoms with Gasteiger partial charge in [-0.1, -0.05) is 12.1 Å². The summed E-state index contributed by atoms with van der Waals surface area (Å²) >= 11 is 4.60. The van der Waals surface area contributed by atoms with Crippen LogP contribution >= 0.6 is 27.3 Å². The lowest BCUT2D eigenvalue weighted by Gasteiger charge is -2.08. The molecule has 1 aromatic carbocycles. The van der Waals surface area contributed by atoms with Crippen molar-refractivity contribution in [3.05, 3.63) is 44.6 Å². The molecule has 0 saturated carbocycles. The highest BCUT2D eigenvalue weighted by Gasteiger charge is 2.19. The SMILES string of the molecule is Cc1sc(Br)cc1S(=O)(=O)Nc1cccc(CC(=O)O)c1. The van der Waals surface area contributed by atoms with Crippen molar-refractivity contribution >= 4 is 48.9 Å². The van der Waals surface area contributed by atoms with Gasteiger partial charge in [0.05, 0.1) is 10.2 Å². The van der Waals surface area contributed by atoms with E-state index in [4.69, 9.17) is 5.11 Å². The minimum absolute atomic E-state index is 0.154. The van der Waals surface area contributed by atoms with Gasteiger partial charge in [-0.25, -0.2) is 8.42 Å². The highest BCUT2D eigenvalue weighted by molar-refractivity contribution is 9.11. The van der Waals surface area contributed by atoms with Crippen LogP contribution in [0, 0.1) is 6.92 Å². The molecule has 0 radical (unpaired) electrons. The Morgan fingerprint density at radius 2 is 2.10 bits per heavy atom. The second kappa shape index (κ2) is 6.17. The molecule has 0 aliphatic heterocycles. The average Bonchev–Trinajstić information content (AvgIpc) is 2.68. The standard InChI is InChI=1S/C13H12BrNO4S2/c1-8-11(7-12(14)20-8)21(18,19)15-10-4-2-3-9(5-10)6-13(16)17/h2-5,7,15H,6H2,1H3,(H,16,17). The molecule has 0 amide bonds. The molecule has 0 fully saturated rings. The Morgan fingerprint density at radius 3 is 2.67 bits per heavy atom. The first-order valence-electron chi connectivity index (χ1n) is 5.87. The number of sulfonamides is 1. The van der Waals surface area contributed by atoms with Crippen LogP contribution < -0.4 is 4.72 Å². The van der Waals surface area contributed by atoms with Crippen LogP contribution in [0.5, 0.6) is 0 Å². The van der Waals surface area contributed by atoms with Crippen molar-refractivity contribution < 1.29 is 18.3 Å². The van der Waals surface area contributed by atoms with Gasteiger partial charge in [-0.15, -0.1) is 11.3 Å². The normalized spacial score (nSPS) is 11.3. The number of aliphatic carboxylic acids is 1. The van der Waals surface area contributed by atoms with E-state index in [1.165, 1.54) is 17.4 Å². The number of benzene rings is 1. The van der Waals surface area contributed by atoms with Crippen molar-refractivity contribution in [2.24, 2.45) is 0 Å². The predicted molar refractivity (Wildman–Crippen MR) is 85.3 cm³/mol. The minimum Gasteiger partial charge on any atom is -0.481 e. The van der Waals surface area contributed by atoms with Gasteiger partial charge >= 0.3 is 5.97 Å². The van der Waals surface area contributed by atoms with Crippen molar-refractivity contribution in [2.75, 3.05) is 4.72 Å². The molecule has 1 aromatic heterocycles. The Hall–Kier alpha value is -1.38. The largest absolute Gasteiger partial charge is 0.481 e. The maximum absolute atomic E-state index is 12.3. The van der Waals surface area contributed by atoms with Crippen molar-refractivity contribution in [3.8, 4) is 0 Å². The lowest BCUT2D eigenvalue weighted by Crippen LogP contribution is -2.13. The van der Waals surface area contributed by atoms with E-state index >= 15 is 0 Å². The number of hydrogen-bond acceptors (Lipinski definition) is 4. The lowest BCUT2D eigenvalue weighted by molar-refractivity contribution is -0.136. The van der Waals surface area contributed by atoms with Crippen molar-refractivity contribution in [1.82, 2.24) is 0 Å².